The fraction of sp³-hybridized carbons (Fsp3) is 0.391. The van der Waals surface area contributed by atoms with E-state index in [1.165, 1.54) is 0 Å². The van der Waals surface area contributed by atoms with Crippen molar-refractivity contribution in [3.63, 3.8) is 0 Å². The quantitative estimate of drug-likeness (QED) is 0.574. The molecule has 0 aliphatic carbocycles. The zero-order valence-electron chi connectivity index (χ0n) is 17.3. The number of carbonyl (C=O) groups excluding carboxylic acids is 1. The molecular weight excluding hydrogens is 366 g/mol. The number of urea groups is 1. The van der Waals surface area contributed by atoms with Crippen molar-refractivity contribution >= 4 is 12.0 Å². The van der Waals surface area contributed by atoms with E-state index in [1.54, 1.807) is 0 Å². The second-order valence-electron chi connectivity index (χ2n) is 7.54. The Morgan fingerprint density at radius 1 is 0.966 bits per heavy atom. The largest absolute Gasteiger partial charge is 0.481 e. The number of hydrogen-bond donors (Lipinski definition) is 3. The Labute approximate surface area is 172 Å². The number of rotatable bonds is 10. The van der Waals surface area contributed by atoms with Crippen LogP contribution in [0.1, 0.15) is 36.9 Å². The molecule has 3 unspecified atom stereocenters. The fourth-order valence-corrected chi connectivity index (χ4v) is 3.62. The molecule has 156 valence electrons. The number of nitrogens with zero attached hydrogens (tertiary/aromatic N) is 1. The van der Waals surface area contributed by atoms with Crippen molar-refractivity contribution in [1.29, 1.82) is 0 Å². The van der Waals surface area contributed by atoms with Gasteiger partial charge in [-0.2, -0.15) is 0 Å². The van der Waals surface area contributed by atoms with E-state index >= 15 is 0 Å². The van der Waals surface area contributed by atoms with Crippen molar-refractivity contribution in [1.82, 2.24) is 15.5 Å². The fourth-order valence-electron chi connectivity index (χ4n) is 3.62. The van der Waals surface area contributed by atoms with Gasteiger partial charge in [-0.05, 0) is 45.0 Å². The van der Waals surface area contributed by atoms with Crippen molar-refractivity contribution in [2.45, 2.75) is 44.3 Å². The summed E-state index contributed by atoms with van der Waals surface area (Å²) in [7, 11) is 3.97. The molecule has 0 saturated heterocycles. The molecule has 0 bridgehead atoms. The number of nitrogens with one attached hydrogen (secondary N) is 2. The summed E-state index contributed by atoms with van der Waals surface area (Å²) in [5.74, 6) is -0.865. The molecule has 0 aliphatic rings. The predicted molar refractivity (Wildman–Crippen MR) is 115 cm³/mol. The van der Waals surface area contributed by atoms with Gasteiger partial charge >= 0.3 is 12.0 Å². The monoisotopic (exact) mass is 397 g/mol. The normalized spacial score (nSPS) is 14.1. The lowest BCUT2D eigenvalue weighted by molar-refractivity contribution is -0.137. The first-order valence-electron chi connectivity index (χ1n) is 9.91. The standard InChI is InChI=1S/C23H31N3O3/c1-17(22(26(2)3)19-12-8-5-9-13-19)24-23(29)25-20(14-15-21(27)28)16-18-10-6-4-7-11-18/h4-13,17,20,22H,14-16H2,1-3H3,(H,27,28)(H2,24,25,29). The van der Waals surface area contributed by atoms with E-state index in [2.05, 4.69) is 15.5 Å². The lowest BCUT2D eigenvalue weighted by atomic mass is 9.99. The SMILES string of the molecule is CC(NC(=O)NC(CCC(=O)O)Cc1ccccc1)C(c1ccccc1)N(C)C. The second-order valence-corrected chi connectivity index (χ2v) is 7.54. The summed E-state index contributed by atoms with van der Waals surface area (Å²) in [6, 6.07) is 19.2. The van der Waals surface area contributed by atoms with Crippen LogP contribution in [0.15, 0.2) is 60.7 Å². The third-order valence-electron chi connectivity index (χ3n) is 4.90. The van der Waals surface area contributed by atoms with E-state index in [1.807, 2.05) is 81.7 Å². The number of carboxylic acid groups (broad SMARTS) is 1. The number of likely N-dealkylation sites (N-methyl/N-ethyl adjacent to an activating group) is 1. The highest BCUT2D eigenvalue weighted by Gasteiger charge is 2.24. The van der Waals surface area contributed by atoms with Crippen molar-refractivity contribution < 1.29 is 14.7 Å². The molecule has 3 N–H and O–H groups in total. The van der Waals surface area contributed by atoms with E-state index in [-0.39, 0.29) is 30.6 Å². The van der Waals surface area contributed by atoms with Gasteiger partial charge in [0.2, 0.25) is 0 Å². The minimum absolute atomic E-state index is 0.0116. The number of carboxylic acids is 1. The summed E-state index contributed by atoms with van der Waals surface area (Å²) in [5.41, 5.74) is 2.18. The molecule has 2 aromatic carbocycles. The van der Waals surface area contributed by atoms with Gasteiger partial charge in [-0.1, -0.05) is 60.7 Å². The predicted octanol–water partition coefficient (Wildman–Crippen LogP) is 3.45. The van der Waals surface area contributed by atoms with Gasteiger partial charge in [-0.25, -0.2) is 4.79 Å². The van der Waals surface area contributed by atoms with Crippen LogP contribution < -0.4 is 10.6 Å². The Kier molecular flexibility index (Phi) is 8.68. The zero-order valence-corrected chi connectivity index (χ0v) is 17.3. The Morgan fingerprint density at radius 2 is 1.55 bits per heavy atom. The van der Waals surface area contributed by atoms with Crippen LogP contribution in [0, 0.1) is 0 Å². The van der Waals surface area contributed by atoms with Gasteiger partial charge in [0.1, 0.15) is 0 Å². The van der Waals surface area contributed by atoms with Crippen molar-refractivity contribution in [3.05, 3.63) is 71.8 Å². The number of carbonyl (C=O) groups is 2. The minimum atomic E-state index is -0.865. The van der Waals surface area contributed by atoms with Crippen LogP contribution in [0.2, 0.25) is 0 Å². The van der Waals surface area contributed by atoms with Crippen molar-refractivity contribution in [3.8, 4) is 0 Å². The van der Waals surface area contributed by atoms with E-state index in [0.29, 0.717) is 12.8 Å². The average molecular weight is 398 g/mol. The summed E-state index contributed by atoms with van der Waals surface area (Å²) in [6.45, 7) is 1.97. The molecule has 0 aliphatic heterocycles. The van der Waals surface area contributed by atoms with Crippen LogP contribution in [0.4, 0.5) is 4.79 Å². The highest BCUT2D eigenvalue weighted by atomic mass is 16.4. The number of amides is 2. The van der Waals surface area contributed by atoms with Gasteiger partial charge in [0.15, 0.2) is 0 Å². The summed E-state index contributed by atoms with van der Waals surface area (Å²) < 4.78 is 0. The Hall–Kier alpha value is -2.86. The van der Waals surface area contributed by atoms with Crippen LogP contribution in [-0.4, -0.2) is 48.2 Å². The van der Waals surface area contributed by atoms with Crippen LogP contribution >= 0.6 is 0 Å². The minimum Gasteiger partial charge on any atom is -0.481 e. The maximum absolute atomic E-state index is 12.7. The summed E-state index contributed by atoms with van der Waals surface area (Å²) in [4.78, 5) is 25.8. The Bertz CT molecular complexity index is 765. The van der Waals surface area contributed by atoms with Gasteiger partial charge in [0, 0.05) is 18.5 Å². The number of aliphatic carboxylic acids is 1. The molecule has 2 rings (SSSR count). The lowest BCUT2D eigenvalue weighted by Crippen LogP contribution is -2.49. The average Bonchev–Trinajstić information content (AvgIpc) is 2.67. The molecule has 29 heavy (non-hydrogen) atoms. The first-order valence-corrected chi connectivity index (χ1v) is 9.91. The van der Waals surface area contributed by atoms with Crippen LogP contribution in [0.3, 0.4) is 0 Å². The molecule has 3 atom stereocenters. The van der Waals surface area contributed by atoms with Gasteiger partial charge in [-0.3, -0.25) is 4.79 Å². The third kappa shape index (κ3) is 7.58. The van der Waals surface area contributed by atoms with Gasteiger partial charge in [-0.15, -0.1) is 0 Å². The maximum Gasteiger partial charge on any atom is 0.315 e. The molecule has 0 spiro atoms. The Morgan fingerprint density at radius 3 is 2.10 bits per heavy atom. The third-order valence-corrected chi connectivity index (χ3v) is 4.90. The Balaban J connectivity index is 2.02. The smallest absolute Gasteiger partial charge is 0.315 e. The van der Waals surface area contributed by atoms with Crippen LogP contribution in [0.25, 0.3) is 0 Å². The molecule has 2 aromatic rings. The molecule has 6 heteroatoms. The lowest BCUT2D eigenvalue weighted by Gasteiger charge is -2.31. The summed E-state index contributed by atoms with van der Waals surface area (Å²) in [5, 5.41) is 15.0. The summed E-state index contributed by atoms with van der Waals surface area (Å²) >= 11 is 0. The zero-order chi connectivity index (χ0) is 21.2. The second kappa shape index (κ2) is 11.2. The molecular formula is C23H31N3O3. The highest BCUT2D eigenvalue weighted by molar-refractivity contribution is 5.75. The number of hydrogen-bond acceptors (Lipinski definition) is 3. The van der Waals surface area contributed by atoms with Crippen molar-refractivity contribution in [2.24, 2.45) is 0 Å². The highest BCUT2D eigenvalue weighted by Crippen LogP contribution is 2.21. The van der Waals surface area contributed by atoms with E-state index in [4.69, 9.17) is 5.11 Å². The summed E-state index contributed by atoms with van der Waals surface area (Å²) in [6.07, 6.45) is 0.977. The topological polar surface area (TPSA) is 81.7 Å². The van der Waals surface area contributed by atoms with Crippen LogP contribution in [-0.2, 0) is 11.2 Å². The first-order chi connectivity index (χ1) is 13.9. The molecule has 6 nitrogen and oxygen atoms in total. The molecule has 0 heterocycles. The van der Waals surface area contributed by atoms with Gasteiger partial charge in [0.05, 0.1) is 6.04 Å². The van der Waals surface area contributed by atoms with E-state index < -0.39 is 5.97 Å². The van der Waals surface area contributed by atoms with E-state index in [9.17, 15) is 9.59 Å². The van der Waals surface area contributed by atoms with Gasteiger partial charge < -0.3 is 20.6 Å². The molecule has 2 amide bonds. The molecule has 0 radical (unpaired) electrons. The maximum atomic E-state index is 12.7. The van der Waals surface area contributed by atoms with Gasteiger partial charge in [0.25, 0.3) is 0 Å². The molecule has 0 saturated carbocycles. The molecule has 0 fully saturated rings. The van der Waals surface area contributed by atoms with Crippen molar-refractivity contribution in [2.75, 3.05) is 14.1 Å². The van der Waals surface area contributed by atoms with Crippen LogP contribution in [0.5, 0.6) is 0 Å². The van der Waals surface area contributed by atoms with E-state index in [0.717, 1.165) is 11.1 Å². The first kappa shape index (κ1) is 22.4. The molecule has 0 aromatic heterocycles. The number of benzene rings is 2.